The van der Waals surface area contributed by atoms with Crippen molar-refractivity contribution in [2.45, 2.75) is 32.7 Å². The van der Waals surface area contributed by atoms with Crippen LogP contribution in [0.1, 0.15) is 25.8 Å². The summed E-state index contributed by atoms with van der Waals surface area (Å²) in [7, 11) is 1.71. The first kappa shape index (κ1) is 19.5. The number of hydrogen-bond acceptors (Lipinski definition) is 3. The molecule has 0 fully saturated rings. The van der Waals surface area contributed by atoms with Gasteiger partial charge in [0.15, 0.2) is 0 Å². The van der Waals surface area contributed by atoms with E-state index < -0.39 is 6.04 Å². The van der Waals surface area contributed by atoms with E-state index >= 15 is 0 Å². The van der Waals surface area contributed by atoms with Crippen LogP contribution in [0.15, 0.2) is 30.5 Å². The Balaban J connectivity index is 2.04. The first-order valence-electron chi connectivity index (χ1n) is 8.70. The summed E-state index contributed by atoms with van der Waals surface area (Å²) < 4.78 is 0. The average Bonchev–Trinajstić information content (AvgIpc) is 3.00. The Labute approximate surface area is 153 Å². The van der Waals surface area contributed by atoms with Gasteiger partial charge in [-0.25, -0.2) is 0 Å². The molecule has 0 saturated heterocycles. The van der Waals surface area contributed by atoms with Crippen molar-refractivity contribution in [3.05, 3.63) is 36.0 Å². The number of carbonyl (C=O) groups excluding carboxylic acids is 3. The van der Waals surface area contributed by atoms with Crippen LogP contribution in [-0.2, 0) is 20.8 Å². The van der Waals surface area contributed by atoms with Crippen LogP contribution in [-0.4, -0.2) is 53.8 Å². The quantitative estimate of drug-likeness (QED) is 0.619. The molecule has 0 aliphatic carbocycles. The minimum atomic E-state index is -0.627. The van der Waals surface area contributed by atoms with Gasteiger partial charge in [0.25, 0.3) is 0 Å². The molecule has 0 aliphatic rings. The fraction of sp³-hybridized carbons (Fsp3) is 0.421. The number of para-hydroxylation sites is 1. The van der Waals surface area contributed by atoms with E-state index in [4.69, 9.17) is 0 Å². The summed E-state index contributed by atoms with van der Waals surface area (Å²) in [6.45, 7) is 3.89. The van der Waals surface area contributed by atoms with E-state index in [0.717, 1.165) is 16.5 Å². The predicted octanol–water partition coefficient (Wildman–Crippen LogP) is 1.20. The highest BCUT2D eigenvalue weighted by Gasteiger charge is 2.24. The van der Waals surface area contributed by atoms with Crippen LogP contribution in [0.5, 0.6) is 0 Å². The van der Waals surface area contributed by atoms with Crippen molar-refractivity contribution in [3.63, 3.8) is 0 Å². The zero-order valence-corrected chi connectivity index (χ0v) is 15.5. The van der Waals surface area contributed by atoms with Crippen molar-refractivity contribution in [2.75, 3.05) is 20.1 Å². The van der Waals surface area contributed by atoms with Gasteiger partial charge >= 0.3 is 0 Å². The maximum atomic E-state index is 12.8. The molecule has 0 saturated carbocycles. The summed E-state index contributed by atoms with van der Waals surface area (Å²) >= 11 is 0. The van der Waals surface area contributed by atoms with Gasteiger partial charge < -0.3 is 20.5 Å². The van der Waals surface area contributed by atoms with Crippen molar-refractivity contribution in [2.24, 2.45) is 0 Å². The number of aromatic nitrogens is 1. The van der Waals surface area contributed by atoms with Gasteiger partial charge in [0, 0.05) is 57.5 Å². The van der Waals surface area contributed by atoms with Gasteiger partial charge in [-0.2, -0.15) is 0 Å². The van der Waals surface area contributed by atoms with Crippen LogP contribution in [0.25, 0.3) is 10.9 Å². The molecule has 3 N–H and O–H groups in total. The summed E-state index contributed by atoms with van der Waals surface area (Å²) in [4.78, 5) is 40.0. The molecule has 1 aromatic heterocycles. The maximum absolute atomic E-state index is 12.8. The van der Waals surface area contributed by atoms with E-state index in [9.17, 15) is 14.4 Å². The molecular formula is C19H26N4O3. The second-order valence-corrected chi connectivity index (χ2v) is 6.41. The largest absolute Gasteiger partial charge is 0.361 e. The first-order chi connectivity index (χ1) is 12.4. The van der Waals surface area contributed by atoms with Crippen molar-refractivity contribution in [3.8, 4) is 0 Å². The van der Waals surface area contributed by atoms with E-state index in [1.165, 1.54) is 13.8 Å². The number of H-pyrrole nitrogens is 1. The highest BCUT2D eigenvalue weighted by atomic mass is 16.2. The summed E-state index contributed by atoms with van der Waals surface area (Å²) in [6, 6.07) is 7.23. The van der Waals surface area contributed by atoms with E-state index in [-0.39, 0.29) is 17.7 Å². The van der Waals surface area contributed by atoms with E-state index in [1.807, 2.05) is 30.5 Å². The molecule has 140 valence electrons. The topological polar surface area (TPSA) is 94.3 Å². The van der Waals surface area contributed by atoms with E-state index in [1.54, 1.807) is 11.9 Å². The predicted molar refractivity (Wildman–Crippen MR) is 101 cm³/mol. The molecule has 7 heteroatoms. The fourth-order valence-electron chi connectivity index (χ4n) is 2.92. The molecule has 26 heavy (non-hydrogen) atoms. The number of fused-ring (bicyclic) bond motifs is 1. The molecule has 7 nitrogen and oxygen atoms in total. The Morgan fingerprint density at radius 2 is 1.88 bits per heavy atom. The molecule has 1 heterocycles. The maximum Gasteiger partial charge on any atom is 0.245 e. The number of nitrogens with one attached hydrogen (secondary N) is 3. The monoisotopic (exact) mass is 358 g/mol. The average molecular weight is 358 g/mol. The SMILES string of the molecule is CC(=O)NCCCN(C)C(=O)C(Cc1c[nH]c2ccccc12)NC(C)=O. The molecule has 1 aromatic carbocycles. The molecule has 0 bridgehead atoms. The summed E-state index contributed by atoms with van der Waals surface area (Å²) in [6.07, 6.45) is 2.95. The lowest BCUT2D eigenvalue weighted by atomic mass is 10.0. The van der Waals surface area contributed by atoms with Gasteiger partial charge in [-0.1, -0.05) is 18.2 Å². The van der Waals surface area contributed by atoms with Crippen LogP contribution < -0.4 is 10.6 Å². The Bertz CT molecular complexity index is 784. The summed E-state index contributed by atoms with van der Waals surface area (Å²) in [5.74, 6) is -0.474. The fourth-order valence-corrected chi connectivity index (χ4v) is 2.92. The van der Waals surface area contributed by atoms with Gasteiger partial charge in [-0.15, -0.1) is 0 Å². The number of likely N-dealkylation sites (N-methyl/N-ethyl adjacent to an activating group) is 1. The lowest BCUT2D eigenvalue weighted by Gasteiger charge is -2.24. The Morgan fingerprint density at radius 1 is 1.15 bits per heavy atom. The van der Waals surface area contributed by atoms with E-state index in [2.05, 4.69) is 15.6 Å². The molecule has 0 spiro atoms. The third-order valence-electron chi connectivity index (χ3n) is 4.20. The smallest absolute Gasteiger partial charge is 0.245 e. The second-order valence-electron chi connectivity index (χ2n) is 6.41. The van der Waals surface area contributed by atoms with Crippen LogP contribution in [0.2, 0.25) is 0 Å². The van der Waals surface area contributed by atoms with Gasteiger partial charge in [0.1, 0.15) is 6.04 Å². The highest BCUT2D eigenvalue weighted by molar-refractivity contribution is 5.89. The minimum absolute atomic E-state index is 0.0885. The lowest BCUT2D eigenvalue weighted by molar-refractivity contribution is -0.135. The zero-order chi connectivity index (χ0) is 19.1. The molecule has 0 radical (unpaired) electrons. The number of carbonyl (C=O) groups is 3. The zero-order valence-electron chi connectivity index (χ0n) is 15.5. The third kappa shape index (κ3) is 5.34. The van der Waals surface area contributed by atoms with Gasteiger partial charge in [-0.3, -0.25) is 14.4 Å². The Hall–Kier alpha value is -2.83. The molecule has 2 aromatic rings. The molecular weight excluding hydrogens is 332 g/mol. The van der Waals surface area contributed by atoms with Crippen LogP contribution in [0, 0.1) is 0 Å². The third-order valence-corrected chi connectivity index (χ3v) is 4.20. The lowest BCUT2D eigenvalue weighted by Crippen LogP contribution is -2.48. The summed E-state index contributed by atoms with van der Waals surface area (Å²) in [5, 5.41) is 6.51. The Kier molecular flexibility index (Phi) is 6.77. The number of nitrogens with zero attached hydrogens (tertiary/aromatic N) is 1. The second kappa shape index (κ2) is 9.03. The number of benzene rings is 1. The van der Waals surface area contributed by atoms with Crippen molar-refractivity contribution >= 4 is 28.6 Å². The van der Waals surface area contributed by atoms with Crippen molar-refractivity contribution in [1.29, 1.82) is 0 Å². The van der Waals surface area contributed by atoms with Crippen molar-refractivity contribution < 1.29 is 14.4 Å². The standard InChI is InChI=1S/C19H26N4O3/c1-13(24)20-9-6-10-23(3)19(26)18(22-14(2)25)11-15-12-21-17-8-5-4-7-16(15)17/h4-5,7-8,12,18,21H,6,9-11H2,1-3H3,(H,20,24)(H,22,25). The molecule has 2 rings (SSSR count). The van der Waals surface area contributed by atoms with Crippen LogP contribution in [0.3, 0.4) is 0 Å². The normalized spacial score (nSPS) is 11.8. The molecule has 3 amide bonds. The van der Waals surface area contributed by atoms with Crippen LogP contribution in [0.4, 0.5) is 0 Å². The van der Waals surface area contributed by atoms with Gasteiger partial charge in [0.2, 0.25) is 17.7 Å². The van der Waals surface area contributed by atoms with E-state index in [0.29, 0.717) is 25.9 Å². The number of amides is 3. The minimum Gasteiger partial charge on any atom is -0.361 e. The van der Waals surface area contributed by atoms with Gasteiger partial charge in [-0.05, 0) is 18.1 Å². The number of hydrogen-bond donors (Lipinski definition) is 3. The van der Waals surface area contributed by atoms with Crippen molar-refractivity contribution in [1.82, 2.24) is 20.5 Å². The van der Waals surface area contributed by atoms with Crippen LogP contribution >= 0.6 is 0 Å². The molecule has 1 atom stereocenters. The molecule has 1 unspecified atom stereocenters. The number of rotatable bonds is 8. The molecule has 0 aliphatic heterocycles. The number of aromatic amines is 1. The highest BCUT2D eigenvalue weighted by Crippen LogP contribution is 2.19. The first-order valence-corrected chi connectivity index (χ1v) is 8.70. The Morgan fingerprint density at radius 3 is 2.58 bits per heavy atom. The van der Waals surface area contributed by atoms with Gasteiger partial charge in [0.05, 0.1) is 0 Å². The summed E-state index contributed by atoms with van der Waals surface area (Å²) in [5.41, 5.74) is 1.99.